The summed E-state index contributed by atoms with van der Waals surface area (Å²) in [4.78, 5) is 8.21. The Morgan fingerprint density at radius 3 is 2.75 bits per heavy atom. The molecule has 1 N–H and O–H groups in total. The molecule has 6 nitrogen and oxygen atoms in total. The third-order valence-electron chi connectivity index (χ3n) is 2.15. The van der Waals surface area contributed by atoms with Crippen molar-refractivity contribution in [3.8, 4) is 0 Å². The first kappa shape index (κ1) is 10.9. The molecule has 0 fully saturated rings. The molecule has 0 atom stereocenters. The Morgan fingerprint density at radius 1 is 1.31 bits per heavy atom. The van der Waals surface area contributed by atoms with E-state index in [4.69, 9.17) is 0 Å². The van der Waals surface area contributed by atoms with Gasteiger partial charge in [-0.15, -0.1) is 10.2 Å². The van der Waals surface area contributed by atoms with Crippen LogP contribution in [0.3, 0.4) is 0 Å². The third kappa shape index (κ3) is 2.13. The van der Waals surface area contributed by atoms with Crippen LogP contribution in [0, 0.1) is 6.92 Å². The molecule has 0 aliphatic heterocycles. The average Bonchev–Trinajstić information content (AvgIpc) is 2.61. The quantitative estimate of drug-likeness (QED) is 0.805. The van der Waals surface area contributed by atoms with Crippen molar-refractivity contribution in [2.75, 3.05) is 12.4 Å². The summed E-state index contributed by atoms with van der Waals surface area (Å²) in [6, 6.07) is 1.87. The van der Waals surface area contributed by atoms with Crippen LogP contribution in [0.5, 0.6) is 0 Å². The Balaban J connectivity index is 2.23. The Morgan fingerprint density at radius 2 is 2.12 bits per heavy atom. The molecule has 7 heteroatoms. The van der Waals surface area contributed by atoms with E-state index in [9.17, 15) is 0 Å². The second kappa shape index (κ2) is 4.48. The van der Waals surface area contributed by atoms with Crippen LogP contribution in [-0.2, 0) is 7.05 Å². The Labute approximate surface area is 97.5 Å². The fraction of sp³-hybridized carbons (Fsp3) is 0.333. The van der Waals surface area contributed by atoms with Gasteiger partial charge in [0.05, 0.1) is 0 Å². The van der Waals surface area contributed by atoms with Crippen LogP contribution in [0.2, 0.25) is 0 Å². The van der Waals surface area contributed by atoms with Gasteiger partial charge in [-0.1, -0.05) is 0 Å². The molecule has 0 saturated carbocycles. The second-order valence-electron chi connectivity index (χ2n) is 3.18. The van der Waals surface area contributed by atoms with E-state index >= 15 is 0 Å². The maximum Gasteiger partial charge on any atom is 0.197 e. The van der Waals surface area contributed by atoms with Gasteiger partial charge in [-0.3, -0.25) is 0 Å². The lowest BCUT2D eigenvalue weighted by atomic mass is 10.6. The largest absolute Gasteiger partial charge is 0.373 e. The van der Waals surface area contributed by atoms with Crippen molar-refractivity contribution < 1.29 is 0 Å². The standard InChI is InChI=1S/C9H12N6S/c1-6-13-14-9(15(6)3)16-8-4-7(10-2)11-5-12-8/h4-5H,1-3H3,(H,10,11,12). The lowest BCUT2D eigenvalue weighted by molar-refractivity contribution is 0.764. The minimum atomic E-state index is 0.788. The van der Waals surface area contributed by atoms with Gasteiger partial charge in [0.1, 0.15) is 23.0 Å². The first-order chi connectivity index (χ1) is 7.70. The van der Waals surface area contributed by atoms with E-state index in [0.717, 1.165) is 21.8 Å². The fourth-order valence-corrected chi connectivity index (χ4v) is 1.91. The van der Waals surface area contributed by atoms with E-state index in [1.165, 1.54) is 18.1 Å². The van der Waals surface area contributed by atoms with Crippen LogP contribution in [0.1, 0.15) is 5.82 Å². The molecule has 0 aliphatic rings. The highest BCUT2D eigenvalue weighted by Gasteiger charge is 2.08. The van der Waals surface area contributed by atoms with Crippen molar-refractivity contribution in [2.45, 2.75) is 17.1 Å². The molecule has 0 aliphatic carbocycles. The van der Waals surface area contributed by atoms with Crippen LogP contribution in [0.15, 0.2) is 22.6 Å². The van der Waals surface area contributed by atoms with Gasteiger partial charge in [-0.05, 0) is 18.7 Å². The average molecular weight is 236 g/mol. The van der Waals surface area contributed by atoms with Gasteiger partial charge in [0.15, 0.2) is 5.16 Å². The van der Waals surface area contributed by atoms with E-state index < -0.39 is 0 Å². The van der Waals surface area contributed by atoms with Crippen LogP contribution in [-0.4, -0.2) is 31.8 Å². The highest BCUT2D eigenvalue weighted by atomic mass is 32.2. The predicted molar refractivity (Wildman–Crippen MR) is 61.4 cm³/mol. The molecule has 0 radical (unpaired) electrons. The summed E-state index contributed by atoms with van der Waals surface area (Å²) < 4.78 is 1.92. The molecular formula is C9H12N6S. The lowest BCUT2D eigenvalue weighted by Gasteiger charge is -2.02. The molecule has 0 aromatic carbocycles. The van der Waals surface area contributed by atoms with Crippen LogP contribution < -0.4 is 5.32 Å². The molecule has 0 spiro atoms. The molecule has 16 heavy (non-hydrogen) atoms. The topological polar surface area (TPSA) is 68.5 Å². The smallest absolute Gasteiger partial charge is 0.197 e. The molecule has 2 rings (SSSR count). The van der Waals surface area contributed by atoms with Crippen LogP contribution in [0.25, 0.3) is 0 Å². The summed E-state index contributed by atoms with van der Waals surface area (Å²) in [7, 11) is 3.75. The van der Waals surface area contributed by atoms with Crippen LogP contribution in [0.4, 0.5) is 5.82 Å². The zero-order valence-corrected chi connectivity index (χ0v) is 10.1. The highest BCUT2D eigenvalue weighted by molar-refractivity contribution is 7.99. The molecule has 0 unspecified atom stereocenters. The Kier molecular flexibility index (Phi) is 3.04. The summed E-state index contributed by atoms with van der Waals surface area (Å²) in [5.41, 5.74) is 0. The summed E-state index contributed by atoms with van der Waals surface area (Å²) in [5.74, 6) is 1.67. The number of rotatable bonds is 3. The van der Waals surface area contributed by atoms with E-state index in [-0.39, 0.29) is 0 Å². The molecular weight excluding hydrogens is 224 g/mol. The summed E-state index contributed by atoms with van der Waals surface area (Å²) in [6.07, 6.45) is 1.53. The van der Waals surface area contributed by atoms with E-state index in [0.29, 0.717) is 0 Å². The minimum Gasteiger partial charge on any atom is -0.373 e. The van der Waals surface area contributed by atoms with E-state index in [2.05, 4.69) is 25.5 Å². The number of hydrogen-bond donors (Lipinski definition) is 1. The Hall–Kier alpha value is -1.63. The summed E-state index contributed by atoms with van der Waals surface area (Å²) in [5, 5.41) is 12.7. The molecule has 2 aromatic heterocycles. The van der Waals surface area contributed by atoms with E-state index in [1.54, 1.807) is 0 Å². The van der Waals surface area contributed by atoms with Gasteiger partial charge in [-0.2, -0.15) is 0 Å². The number of hydrogen-bond acceptors (Lipinski definition) is 6. The summed E-state index contributed by atoms with van der Waals surface area (Å²) >= 11 is 1.46. The van der Waals surface area contributed by atoms with Crippen molar-refractivity contribution in [1.29, 1.82) is 0 Å². The maximum atomic E-state index is 4.16. The molecule has 0 saturated heterocycles. The maximum absolute atomic E-state index is 4.16. The number of nitrogens with one attached hydrogen (secondary N) is 1. The lowest BCUT2D eigenvalue weighted by Crippen LogP contribution is -1.96. The number of aromatic nitrogens is 5. The predicted octanol–water partition coefficient (Wildman–Crippen LogP) is 1.11. The number of aryl methyl sites for hydroxylation is 1. The first-order valence-electron chi connectivity index (χ1n) is 4.74. The fourth-order valence-electron chi connectivity index (χ4n) is 1.10. The van der Waals surface area contributed by atoms with E-state index in [1.807, 2.05) is 31.7 Å². The van der Waals surface area contributed by atoms with Crippen molar-refractivity contribution in [3.63, 3.8) is 0 Å². The SMILES string of the molecule is CNc1cc(Sc2nnc(C)n2C)ncn1. The van der Waals surface area contributed by atoms with Gasteiger partial charge in [0, 0.05) is 20.2 Å². The third-order valence-corrected chi connectivity index (χ3v) is 3.12. The van der Waals surface area contributed by atoms with Crippen molar-refractivity contribution in [3.05, 3.63) is 18.2 Å². The molecule has 2 aromatic rings. The molecule has 0 amide bonds. The first-order valence-corrected chi connectivity index (χ1v) is 5.56. The van der Waals surface area contributed by atoms with Crippen molar-refractivity contribution in [1.82, 2.24) is 24.7 Å². The van der Waals surface area contributed by atoms with Crippen molar-refractivity contribution in [2.24, 2.45) is 7.05 Å². The monoisotopic (exact) mass is 236 g/mol. The zero-order chi connectivity index (χ0) is 11.5. The molecule has 84 valence electrons. The van der Waals surface area contributed by atoms with Gasteiger partial charge >= 0.3 is 0 Å². The second-order valence-corrected chi connectivity index (χ2v) is 4.17. The molecule has 0 bridgehead atoms. The minimum absolute atomic E-state index is 0.788. The van der Waals surface area contributed by atoms with Gasteiger partial charge in [-0.25, -0.2) is 9.97 Å². The Bertz CT molecular complexity index is 494. The number of nitrogens with zero attached hydrogens (tertiary/aromatic N) is 5. The van der Waals surface area contributed by atoms with Gasteiger partial charge in [0.2, 0.25) is 0 Å². The van der Waals surface area contributed by atoms with Crippen LogP contribution >= 0.6 is 11.8 Å². The summed E-state index contributed by atoms with van der Waals surface area (Å²) in [6.45, 7) is 1.91. The normalized spacial score (nSPS) is 10.4. The number of anilines is 1. The van der Waals surface area contributed by atoms with Crippen molar-refractivity contribution >= 4 is 17.6 Å². The van der Waals surface area contributed by atoms with Gasteiger partial charge in [0.25, 0.3) is 0 Å². The van der Waals surface area contributed by atoms with Gasteiger partial charge < -0.3 is 9.88 Å². The molecule has 2 heterocycles. The highest BCUT2D eigenvalue weighted by Crippen LogP contribution is 2.24. The zero-order valence-electron chi connectivity index (χ0n) is 9.30.